The highest BCUT2D eigenvalue weighted by atomic mass is 16.3. The molecule has 1 aliphatic rings. The molecule has 0 spiro atoms. The van der Waals surface area contributed by atoms with Gasteiger partial charge in [0.05, 0.1) is 6.10 Å². The van der Waals surface area contributed by atoms with E-state index in [0.717, 1.165) is 12.0 Å². The summed E-state index contributed by atoms with van der Waals surface area (Å²) in [6.07, 6.45) is 8.61. The normalized spacial score (nSPS) is 23.2. The van der Waals surface area contributed by atoms with E-state index < -0.39 is 6.10 Å². The van der Waals surface area contributed by atoms with Gasteiger partial charge in [0.1, 0.15) is 0 Å². The SMILES string of the molecule is C/C=C/C(O)C1=C(C)C=CCC1(C)C. The van der Waals surface area contributed by atoms with Gasteiger partial charge in [-0.05, 0) is 36.8 Å². The minimum absolute atomic E-state index is 0.0811. The zero-order valence-corrected chi connectivity index (χ0v) is 9.54. The third-order valence-corrected chi connectivity index (χ3v) is 2.82. The van der Waals surface area contributed by atoms with Gasteiger partial charge in [0, 0.05) is 0 Å². The molecular weight excluding hydrogens is 172 g/mol. The Morgan fingerprint density at radius 3 is 2.64 bits per heavy atom. The van der Waals surface area contributed by atoms with Gasteiger partial charge in [-0.15, -0.1) is 0 Å². The van der Waals surface area contributed by atoms with Crippen LogP contribution in [0, 0.1) is 5.41 Å². The number of hydrogen-bond acceptors (Lipinski definition) is 1. The van der Waals surface area contributed by atoms with Crippen molar-refractivity contribution in [2.24, 2.45) is 5.41 Å². The largest absolute Gasteiger partial charge is 0.385 e. The van der Waals surface area contributed by atoms with E-state index in [-0.39, 0.29) is 5.41 Å². The molecule has 0 fully saturated rings. The summed E-state index contributed by atoms with van der Waals surface area (Å²) >= 11 is 0. The van der Waals surface area contributed by atoms with E-state index in [4.69, 9.17) is 0 Å². The van der Waals surface area contributed by atoms with Crippen LogP contribution in [0.2, 0.25) is 0 Å². The predicted octanol–water partition coefficient (Wildman–Crippen LogP) is 3.23. The lowest BCUT2D eigenvalue weighted by Crippen LogP contribution is -2.26. The van der Waals surface area contributed by atoms with Crippen molar-refractivity contribution in [3.63, 3.8) is 0 Å². The number of aliphatic hydroxyl groups excluding tert-OH is 1. The van der Waals surface area contributed by atoms with Gasteiger partial charge in [0.15, 0.2) is 0 Å². The molecule has 14 heavy (non-hydrogen) atoms. The molecule has 0 aromatic carbocycles. The second-order valence-corrected chi connectivity index (χ2v) is 4.56. The Balaban J connectivity index is 3.07. The van der Waals surface area contributed by atoms with Crippen LogP contribution in [-0.2, 0) is 0 Å². The smallest absolute Gasteiger partial charge is 0.0942 e. The van der Waals surface area contributed by atoms with Crippen molar-refractivity contribution in [3.8, 4) is 0 Å². The first-order chi connectivity index (χ1) is 6.49. The van der Waals surface area contributed by atoms with Crippen molar-refractivity contribution in [1.29, 1.82) is 0 Å². The minimum Gasteiger partial charge on any atom is -0.385 e. The average molecular weight is 192 g/mol. The Labute approximate surface area is 86.8 Å². The van der Waals surface area contributed by atoms with Crippen LogP contribution in [0.5, 0.6) is 0 Å². The first kappa shape index (κ1) is 11.3. The molecule has 78 valence electrons. The van der Waals surface area contributed by atoms with Crippen molar-refractivity contribution < 1.29 is 5.11 Å². The molecule has 0 saturated carbocycles. The third kappa shape index (κ3) is 2.16. The topological polar surface area (TPSA) is 20.2 Å². The lowest BCUT2D eigenvalue weighted by atomic mass is 9.73. The van der Waals surface area contributed by atoms with Gasteiger partial charge in [-0.3, -0.25) is 0 Å². The summed E-state index contributed by atoms with van der Waals surface area (Å²) in [4.78, 5) is 0. The summed E-state index contributed by atoms with van der Waals surface area (Å²) in [6.45, 7) is 8.37. The van der Waals surface area contributed by atoms with Crippen molar-refractivity contribution in [2.45, 2.75) is 40.2 Å². The molecule has 0 aliphatic heterocycles. The number of allylic oxidation sites excluding steroid dienone is 4. The van der Waals surface area contributed by atoms with E-state index in [1.807, 2.05) is 19.1 Å². The van der Waals surface area contributed by atoms with Gasteiger partial charge in [-0.2, -0.15) is 0 Å². The lowest BCUT2D eigenvalue weighted by molar-refractivity contribution is 0.220. The number of aliphatic hydroxyl groups is 1. The van der Waals surface area contributed by atoms with Crippen LogP contribution in [0.15, 0.2) is 35.5 Å². The van der Waals surface area contributed by atoms with Crippen molar-refractivity contribution in [3.05, 3.63) is 35.5 Å². The summed E-state index contributed by atoms with van der Waals surface area (Å²) in [5.74, 6) is 0. The highest BCUT2D eigenvalue weighted by Crippen LogP contribution is 2.38. The Morgan fingerprint density at radius 2 is 2.14 bits per heavy atom. The summed E-state index contributed by atoms with van der Waals surface area (Å²) in [5, 5.41) is 10.0. The molecule has 1 aliphatic carbocycles. The molecule has 1 unspecified atom stereocenters. The quantitative estimate of drug-likeness (QED) is 0.666. The Morgan fingerprint density at radius 1 is 1.50 bits per heavy atom. The zero-order chi connectivity index (χ0) is 10.8. The molecule has 1 atom stereocenters. The van der Waals surface area contributed by atoms with Gasteiger partial charge >= 0.3 is 0 Å². The Kier molecular flexibility index (Phi) is 3.33. The summed E-state index contributed by atoms with van der Waals surface area (Å²) < 4.78 is 0. The summed E-state index contributed by atoms with van der Waals surface area (Å²) in [5.41, 5.74) is 2.43. The van der Waals surface area contributed by atoms with Crippen LogP contribution in [0.25, 0.3) is 0 Å². The van der Waals surface area contributed by atoms with E-state index >= 15 is 0 Å². The lowest BCUT2D eigenvalue weighted by Gasteiger charge is -2.33. The maximum atomic E-state index is 10.0. The van der Waals surface area contributed by atoms with E-state index in [1.54, 1.807) is 0 Å². The van der Waals surface area contributed by atoms with E-state index in [2.05, 4.69) is 32.9 Å². The fourth-order valence-corrected chi connectivity index (χ4v) is 2.18. The van der Waals surface area contributed by atoms with Gasteiger partial charge in [0.25, 0.3) is 0 Å². The molecule has 1 nitrogen and oxygen atoms in total. The monoisotopic (exact) mass is 192 g/mol. The molecule has 0 amide bonds. The number of rotatable bonds is 2. The molecular formula is C13H20O. The zero-order valence-electron chi connectivity index (χ0n) is 9.54. The highest BCUT2D eigenvalue weighted by molar-refractivity contribution is 5.37. The van der Waals surface area contributed by atoms with Gasteiger partial charge in [-0.1, -0.05) is 38.2 Å². The molecule has 1 heteroatoms. The number of hydrogen-bond donors (Lipinski definition) is 1. The Hall–Kier alpha value is -0.820. The molecule has 0 aromatic heterocycles. The first-order valence-corrected chi connectivity index (χ1v) is 5.17. The van der Waals surface area contributed by atoms with Gasteiger partial charge in [0.2, 0.25) is 0 Å². The van der Waals surface area contributed by atoms with Crippen LogP contribution < -0.4 is 0 Å². The van der Waals surface area contributed by atoms with Crippen LogP contribution in [0.3, 0.4) is 0 Å². The maximum absolute atomic E-state index is 10.0. The second kappa shape index (κ2) is 4.14. The molecule has 0 heterocycles. The van der Waals surface area contributed by atoms with Crippen molar-refractivity contribution in [2.75, 3.05) is 0 Å². The molecule has 0 radical (unpaired) electrons. The van der Waals surface area contributed by atoms with Crippen LogP contribution in [0.1, 0.15) is 34.1 Å². The predicted molar refractivity (Wildman–Crippen MR) is 61.1 cm³/mol. The van der Waals surface area contributed by atoms with Crippen molar-refractivity contribution in [1.82, 2.24) is 0 Å². The molecule has 1 N–H and O–H groups in total. The van der Waals surface area contributed by atoms with Crippen LogP contribution in [0.4, 0.5) is 0 Å². The van der Waals surface area contributed by atoms with Gasteiger partial charge in [-0.25, -0.2) is 0 Å². The fourth-order valence-electron chi connectivity index (χ4n) is 2.18. The van der Waals surface area contributed by atoms with Crippen LogP contribution in [-0.4, -0.2) is 11.2 Å². The maximum Gasteiger partial charge on any atom is 0.0942 e. The van der Waals surface area contributed by atoms with Crippen molar-refractivity contribution >= 4 is 0 Å². The standard InChI is InChI=1S/C13H20O/c1-5-7-11(14)12-10(2)8-6-9-13(12,3)4/h5-8,11,14H,9H2,1-4H3/b7-5+. The fraction of sp³-hybridized carbons (Fsp3) is 0.538. The van der Waals surface area contributed by atoms with Gasteiger partial charge < -0.3 is 5.11 Å². The highest BCUT2D eigenvalue weighted by Gasteiger charge is 2.29. The van der Waals surface area contributed by atoms with Crippen LogP contribution >= 0.6 is 0 Å². The molecule has 1 rings (SSSR count). The summed E-state index contributed by atoms with van der Waals surface area (Å²) in [6, 6.07) is 0. The Bertz CT molecular complexity index is 292. The average Bonchev–Trinajstić information content (AvgIpc) is 2.02. The first-order valence-electron chi connectivity index (χ1n) is 5.17. The minimum atomic E-state index is -0.431. The van der Waals surface area contributed by atoms with E-state index in [1.165, 1.54) is 5.57 Å². The molecule has 0 saturated heterocycles. The third-order valence-electron chi connectivity index (χ3n) is 2.82. The van der Waals surface area contributed by atoms with E-state index in [0.29, 0.717) is 0 Å². The molecule has 0 aromatic rings. The van der Waals surface area contributed by atoms with E-state index in [9.17, 15) is 5.11 Å². The summed E-state index contributed by atoms with van der Waals surface area (Å²) in [7, 11) is 0. The molecule has 0 bridgehead atoms. The second-order valence-electron chi connectivity index (χ2n) is 4.56.